The number of rotatable bonds is 4. The van der Waals surface area contributed by atoms with E-state index in [1.807, 2.05) is 0 Å². The molecule has 0 aromatic heterocycles. The van der Waals surface area contributed by atoms with E-state index in [9.17, 15) is 9.59 Å². The second-order valence-corrected chi connectivity index (χ2v) is 4.15. The summed E-state index contributed by atoms with van der Waals surface area (Å²) < 4.78 is 14.3. The monoisotopic (exact) mass is 257 g/mol. The van der Waals surface area contributed by atoms with E-state index in [1.165, 1.54) is 6.08 Å². The van der Waals surface area contributed by atoms with Gasteiger partial charge in [0.2, 0.25) is 0 Å². The van der Waals surface area contributed by atoms with E-state index in [0.717, 1.165) is 13.1 Å². The van der Waals surface area contributed by atoms with Crippen LogP contribution >= 0.6 is 0 Å². The maximum Gasteiger partial charge on any atom is 0.516 e. The average Bonchev–Trinajstić information content (AvgIpc) is 2.29. The Balaban J connectivity index is 2.20. The van der Waals surface area contributed by atoms with Crippen molar-refractivity contribution in [3.63, 3.8) is 0 Å². The normalized spacial score (nSPS) is 17.1. The molecule has 6 nitrogen and oxygen atoms in total. The molecule has 0 aromatic carbocycles. The van der Waals surface area contributed by atoms with Crippen LogP contribution < -0.4 is 0 Å². The fourth-order valence-electron chi connectivity index (χ4n) is 1.41. The van der Waals surface area contributed by atoms with Crippen LogP contribution in [-0.2, 0) is 19.0 Å². The molecule has 0 saturated carbocycles. The third kappa shape index (κ3) is 6.36. The molecule has 0 amide bonds. The molecule has 0 aromatic rings. The first-order chi connectivity index (χ1) is 8.58. The highest BCUT2D eigenvalue weighted by atomic mass is 16.7. The number of morpholine rings is 1. The molecule has 1 rings (SSSR count). The van der Waals surface area contributed by atoms with Crippen molar-refractivity contribution in [2.75, 3.05) is 32.8 Å². The SMILES string of the molecule is CC(C)OC(=O)OC(=O)C=CCN1CCOCC1. The number of nitrogens with zero attached hydrogens (tertiary/aromatic N) is 1. The predicted molar refractivity (Wildman–Crippen MR) is 64.1 cm³/mol. The van der Waals surface area contributed by atoms with E-state index in [2.05, 4.69) is 14.4 Å². The summed E-state index contributed by atoms with van der Waals surface area (Å²) in [5, 5.41) is 0. The van der Waals surface area contributed by atoms with Gasteiger partial charge in [-0.15, -0.1) is 0 Å². The summed E-state index contributed by atoms with van der Waals surface area (Å²) in [6, 6.07) is 0. The number of carbonyl (C=O) groups is 2. The summed E-state index contributed by atoms with van der Waals surface area (Å²) in [5.74, 6) is -0.714. The smallest absolute Gasteiger partial charge is 0.431 e. The lowest BCUT2D eigenvalue weighted by atomic mass is 10.4. The average molecular weight is 257 g/mol. The van der Waals surface area contributed by atoms with Gasteiger partial charge in [-0.1, -0.05) is 6.08 Å². The molecule has 0 spiro atoms. The van der Waals surface area contributed by atoms with Crippen LogP contribution in [0.3, 0.4) is 0 Å². The fourth-order valence-corrected chi connectivity index (χ4v) is 1.41. The Morgan fingerprint density at radius 3 is 2.61 bits per heavy atom. The van der Waals surface area contributed by atoms with Crippen LogP contribution in [0, 0.1) is 0 Å². The standard InChI is InChI=1S/C12H19NO5/c1-10(2)17-12(15)18-11(14)4-3-5-13-6-8-16-9-7-13/h3-4,10H,5-9H2,1-2H3. The van der Waals surface area contributed by atoms with Crippen molar-refractivity contribution < 1.29 is 23.8 Å². The Labute approximate surface area is 106 Å². The molecule has 102 valence electrons. The molecule has 18 heavy (non-hydrogen) atoms. The quantitative estimate of drug-likeness (QED) is 0.424. The summed E-state index contributed by atoms with van der Waals surface area (Å²) in [4.78, 5) is 24.4. The Bertz CT molecular complexity index is 308. The Hall–Kier alpha value is -1.40. The molecule has 0 atom stereocenters. The van der Waals surface area contributed by atoms with Gasteiger partial charge in [-0.2, -0.15) is 0 Å². The molecule has 1 aliphatic rings. The van der Waals surface area contributed by atoms with Gasteiger partial charge in [0.05, 0.1) is 19.3 Å². The van der Waals surface area contributed by atoms with Crippen LogP contribution in [0.1, 0.15) is 13.8 Å². The van der Waals surface area contributed by atoms with Gasteiger partial charge >= 0.3 is 12.1 Å². The van der Waals surface area contributed by atoms with Crippen LogP contribution in [0.15, 0.2) is 12.2 Å². The third-order valence-electron chi connectivity index (χ3n) is 2.24. The predicted octanol–water partition coefficient (Wildman–Crippen LogP) is 0.963. The molecule has 6 heteroatoms. The second-order valence-electron chi connectivity index (χ2n) is 4.15. The number of hydrogen-bond acceptors (Lipinski definition) is 6. The molecule has 0 bridgehead atoms. The minimum Gasteiger partial charge on any atom is -0.431 e. The summed E-state index contributed by atoms with van der Waals surface area (Å²) in [5.41, 5.74) is 0. The molecule has 0 aliphatic carbocycles. The molecule has 1 fully saturated rings. The highest BCUT2D eigenvalue weighted by molar-refractivity contribution is 5.89. The maximum absolute atomic E-state index is 11.2. The zero-order valence-electron chi connectivity index (χ0n) is 10.8. The second kappa shape index (κ2) is 7.84. The molecule has 1 aliphatic heterocycles. The first-order valence-corrected chi connectivity index (χ1v) is 5.97. The van der Waals surface area contributed by atoms with E-state index < -0.39 is 12.1 Å². The number of esters is 1. The number of ether oxygens (including phenoxy) is 3. The van der Waals surface area contributed by atoms with Crippen molar-refractivity contribution in [1.82, 2.24) is 4.90 Å². The van der Waals surface area contributed by atoms with Gasteiger partial charge in [0.15, 0.2) is 0 Å². The van der Waals surface area contributed by atoms with Crippen LogP contribution in [0.25, 0.3) is 0 Å². The van der Waals surface area contributed by atoms with Crippen LogP contribution in [0.4, 0.5) is 4.79 Å². The topological polar surface area (TPSA) is 65.1 Å². The maximum atomic E-state index is 11.2. The van der Waals surface area contributed by atoms with E-state index >= 15 is 0 Å². The van der Waals surface area contributed by atoms with Gasteiger partial charge in [-0.05, 0) is 13.8 Å². The third-order valence-corrected chi connectivity index (χ3v) is 2.24. The van der Waals surface area contributed by atoms with Gasteiger partial charge < -0.3 is 14.2 Å². The van der Waals surface area contributed by atoms with Gasteiger partial charge in [0.1, 0.15) is 0 Å². The fraction of sp³-hybridized carbons (Fsp3) is 0.667. The number of carbonyl (C=O) groups excluding carboxylic acids is 2. The van der Waals surface area contributed by atoms with E-state index in [-0.39, 0.29) is 6.10 Å². The molecular formula is C12H19NO5. The van der Waals surface area contributed by atoms with E-state index in [4.69, 9.17) is 4.74 Å². The molecule has 0 unspecified atom stereocenters. The van der Waals surface area contributed by atoms with Crippen molar-refractivity contribution in [2.45, 2.75) is 20.0 Å². The molecule has 1 heterocycles. The van der Waals surface area contributed by atoms with Gasteiger partial charge in [0.25, 0.3) is 0 Å². The minimum atomic E-state index is -0.967. The first-order valence-electron chi connectivity index (χ1n) is 5.97. The van der Waals surface area contributed by atoms with Crippen LogP contribution in [0.5, 0.6) is 0 Å². The van der Waals surface area contributed by atoms with E-state index in [0.29, 0.717) is 19.8 Å². The minimum absolute atomic E-state index is 0.303. The molecule has 0 radical (unpaired) electrons. The molecule has 0 N–H and O–H groups in total. The first kappa shape index (κ1) is 14.7. The van der Waals surface area contributed by atoms with Crippen molar-refractivity contribution in [2.24, 2.45) is 0 Å². The van der Waals surface area contributed by atoms with Crippen LogP contribution in [-0.4, -0.2) is 56.0 Å². The zero-order chi connectivity index (χ0) is 13.4. The Kier molecular flexibility index (Phi) is 6.38. The Morgan fingerprint density at radius 1 is 1.33 bits per heavy atom. The molecular weight excluding hydrogens is 238 g/mol. The lowest BCUT2D eigenvalue weighted by molar-refractivity contribution is -0.134. The lowest BCUT2D eigenvalue weighted by Gasteiger charge is -2.24. The summed E-state index contributed by atoms with van der Waals surface area (Å²) in [7, 11) is 0. The van der Waals surface area contributed by atoms with Crippen molar-refractivity contribution >= 4 is 12.1 Å². The van der Waals surface area contributed by atoms with Crippen molar-refractivity contribution in [3.05, 3.63) is 12.2 Å². The number of hydrogen-bond donors (Lipinski definition) is 0. The Morgan fingerprint density at radius 2 is 2.00 bits per heavy atom. The van der Waals surface area contributed by atoms with Gasteiger partial charge in [-0.3, -0.25) is 4.90 Å². The summed E-state index contributed by atoms with van der Waals surface area (Å²) in [6.45, 7) is 7.10. The lowest BCUT2D eigenvalue weighted by Crippen LogP contribution is -2.36. The van der Waals surface area contributed by atoms with E-state index in [1.54, 1.807) is 19.9 Å². The van der Waals surface area contributed by atoms with Gasteiger partial charge in [0, 0.05) is 25.7 Å². The van der Waals surface area contributed by atoms with Crippen molar-refractivity contribution in [3.8, 4) is 0 Å². The van der Waals surface area contributed by atoms with Crippen molar-refractivity contribution in [1.29, 1.82) is 0 Å². The highest BCUT2D eigenvalue weighted by Crippen LogP contribution is 1.97. The summed E-state index contributed by atoms with van der Waals surface area (Å²) in [6.07, 6.45) is 1.63. The van der Waals surface area contributed by atoms with Crippen LogP contribution in [0.2, 0.25) is 0 Å². The summed E-state index contributed by atoms with van der Waals surface area (Å²) >= 11 is 0. The van der Waals surface area contributed by atoms with Gasteiger partial charge in [-0.25, -0.2) is 9.59 Å². The zero-order valence-corrected chi connectivity index (χ0v) is 10.8. The molecule has 1 saturated heterocycles. The largest absolute Gasteiger partial charge is 0.516 e. The highest BCUT2D eigenvalue weighted by Gasteiger charge is 2.11.